The Morgan fingerprint density at radius 1 is 1.10 bits per heavy atom. The maximum absolute atomic E-state index is 13.1. The summed E-state index contributed by atoms with van der Waals surface area (Å²) >= 11 is 1.60. The molecule has 3 rings (SSSR count). The molecule has 9 heteroatoms. The molecule has 1 aliphatic rings. The topological polar surface area (TPSA) is 73.9 Å². The molecule has 0 unspecified atom stereocenters. The van der Waals surface area contributed by atoms with Crippen molar-refractivity contribution in [2.45, 2.75) is 23.1 Å². The first-order chi connectivity index (χ1) is 14.0. The Kier molecular flexibility index (Phi) is 8.83. The molecule has 3 amide bonds. The zero-order chi connectivity index (χ0) is 20.8. The van der Waals surface area contributed by atoms with E-state index in [0.717, 1.165) is 34.1 Å². The van der Waals surface area contributed by atoms with Crippen molar-refractivity contribution in [2.24, 2.45) is 0 Å². The zero-order valence-corrected chi connectivity index (χ0v) is 18.9. The van der Waals surface area contributed by atoms with Crippen molar-refractivity contribution >= 4 is 53.4 Å². The van der Waals surface area contributed by atoms with E-state index in [-0.39, 0.29) is 18.4 Å². The van der Waals surface area contributed by atoms with Gasteiger partial charge in [-0.2, -0.15) is 0 Å². The van der Waals surface area contributed by atoms with E-state index in [1.807, 2.05) is 50.5 Å². The van der Waals surface area contributed by atoms with Crippen LogP contribution in [0.2, 0.25) is 0 Å². The summed E-state index contributed by atoms with van der Waals surface area (Å²) in [6, 6.07) is 13.1. The minimum Gasteiger partial charge on any atom is -0.450 e. The summed E-state index contributed by atoms with van der Waals surface area (Å²) in [6.07, 6.45) is 0.344. The Hall–Kier alpha value is -2.42. The molecule has 162 valence electrons. The van der Waals surface area contributed by atoms with Crippen LogP contribution in [0.4, 0.5) is 26.7 Å². The fourth-order valence-corrected chi connectivity index (χ4v) is 4.04. The van der Waals surface area contributed by atoms with Gasteiger partial charge >= 0.3 is 12.1 Å². The Morgan fingerprint density at radius 3 is 2.57 bits per heavy atom. The number of benzene rings is 2. The number of rotatable bonds is 6. The standard InChI is InChI=1S/C21H26N4O3S.ClH/c1-4-28-21(27)23-15-10-11-19-17(14-15)25(16-8-5-6-9-18(16)29-19)20(26)22-12-7-13-24(2)3;/h5-6,8-11,14H,4,7,12-13H2,1-3H3,(H,22,26)(H,23,27);1H. The van der Waals surface area contributed by atoms with E-state index in [9.17, 15) is 9.59 Å². The highest BCUT2D eigenvalue weighted by Gasteiger charge is 2.28. The minimum atomic E-state index is -0.518. The van der Waals surface area contributed by atoms with Crippen molar-refractivity contribution in [1.82, 2.24) is 10.2 Å². The minimum absolute atomic E-state index is 0. The number of para-hydroxylation sites is 1. The van der Waals surface area contributed by atoms with Crippen molar-refractivity contribution in [3.8, 4) is 0 Å². The molecule has 2 aromatic rings. The molecule has 0 fully saturated rings. The number of carbonyl (C=O) groups excluding carboxylic acids is 2. The molecular weight excluding hydrogens is 424 g/mol. The van der Waals surface area contributed by atoms with Crippen molar-refractivity contribution in [3.05, 3.63) is 42.5 Å². The van der Waals surface area contributed by atoms with Crippen molar-refractivity contribution < 1.29 is 14.3 Å². The highest BCUT2D eigenvalue weighted by molar-refractivity contribution is 7.99. The second-order valence-electron chi connectivity index (χ2n) is 6.82. The lowest BCUT2D eigenvalue weighted by molar-refractivity contribution is 0.168. The van der Waals surface area contributed by atoms with E-state index in [1.54, 1.807) is 29.7 Å². The van der Waals surface area contributed by atoms with Gasteiger partial charge in [-0.25, -0.2) is 9.59 Å². The van der Waals surface area contributed by atoms with Gasteiger partial charge in [0.2, 0.25) is 0 Å². The molecule has 1 aliphatic heterocycles. The van der Waals surface area contributed by atoms with Gasteiger partial charge in [0.25, 0.3) is 0 Å². The smallest absolute Gasteiger partial charge is 0.411 e. The number of urea groups is 1. The van der Waals surface area contributed by atoms with E-state index in [1.165, 1.54) is 0 Å². The lowest BCUT2D eigenvalue weighted by atomic mass is 10.2. The van der Waals surface area contributed by atoms with Crippen LogP contribution in [0.5, 0.6) is 0 Å². The van der Waals surface area contributed by atoms with E-state index in [0.29, 0.717) is 18.8 Å². The highest BCUT2D eigenvalue weighted by atomic mass is 35.5. The van der Waals surface area contributed by atoms with Crippen LogP contribution in [0.15, 0.2) is 52.3 Å². The highest BCUT2D eigenvalue weighted by Crippen LogP contribution is 2.48. The van der Waals surface area contributed by atoms with Crippen LogP contribution < -0.4 is 15.5 Å². The quantitative estimate of drug-likeness (QED) is 0.609. The first kappa shape index (κ1) is 23.9. The van der Waals surface area contributed by atoms with Gasteiger partial charge in [0, 0.05) is 22.0 Å². The van der Waals surface area contributed by atoms with Gasteiger partial charge in [0.05, 0.1) is 18.0 Å². The monoisotopic (exact) mass is 450 g/mol. The summed E-state index contributed by atoms with van der Waals surface area (Å²) < 4.78 is 4.95. The Morgan fingerprint density at radius 2 is 1.83 bits per heavy atom. The van der Waals surface area contributed by atoms with Gasteiger partial charge in [-0.15, -0.1) is 12.4 Å². The molecule has 2 aromatic carbocycles. The molecule has 0 bridgehead atoms. The Balaban J connectivity index is 0.00000320. The first-order valence-electron chi connectivity index (χ1n) is 9.57. The average molecular weight is 451 g/mol. The van der Waals surface area contributed by atoms with E-state index in [4.69, 9.17) is 4.74 Å². The van der Waals surface area contributed by atoms with Gasteiger partial charge in [-0.1, -0.05) is 23.9 Å². The third-order valence-corrected chi connectivity index (χ3v) is 5.44. The molecule has 30 heavy (non-hydrogen) atoms. The lowest BCUT2D eigenvalue weighted by Crippen LogP contribution is -2.39. The summed E-state index contributed by atoms with van der Waals surface area (Å²) in [5.41, 5.74) is 2.13. The number of nitrogens with one attached hydrogen (secondary N) is 2. The maximum Gasteiger partial charge on any atom is 0.411 e. The van der Waals surface area contributed by atoms with Crippen molar-refractivity contribution in [2.75, 3.05) is 44.0 Å². The van der Waals surface area contributed by atoms with Crippen LogP contribution in [-0.2, 0) is 4.74 Å². The van der Waals surface area contributed by atoms with E-state index in [2.05, 4.69) is 15.5 Å². The molecule has 0 aliphatic carbocycles. The number of carbonyl (C=O) groups is 2. The predicted octanol–water partition coefficient (Wildman–Crippen LogP) is 4.94. The second kappa shape index (κ2) is 11.1. The number of amides is 3. The zero-order valence-electron chi connectivity index (χ0n) is 17.3. The van der Waals surface area contributed by atoms with Gasteiger partial charge in [-0.05, 0) is 64.3 Å². The number of hydrogen-bond donors (Lipinski definition) is 2. The predicted molar refractivity (Wildman–Crippen MR) is 124 cm³/mol. The van der Waals surface area contributed by atoms with Crippen molar-refractivity contribution in [3.63, 3.8) is 0 Å². The van der Waals surface area contributed by atoms with Crippen LogP contribution in [0.1, 0.15) is 13.3 Å². The maximum atomic E-state index is 13.1. The van der Waals surface area contributed by atoms with Crippen LogP contribution >= 0.6 is 24.2 Å². The number of nitrogens with zero attached hydrogens (tertiary/aromatic N) is 2. The van der Waals surface area contributed by atoms with Gasteiger partial charge in [-0.3, -0.25) is 10.2 Å². The van der Waals surface area contributed by atoms with Crippen LogP contribution in [0.3, 0.4) is 0 Å². The first-order valence-corrected chi connectivity index (χ1v) is 10.4. The summed E-state index contributed by atoms with van der Waals surface area (Å²) in [5, 5.41) is 5.72. The summed E-state index contributed by atoms with van der Waals surface area (Å²) in [5.74, 6) is 0. The third kappa shape index (κ3) is 5.81. The van der Waals surface area contributed by atoms with Gasteiger partial charge in [0.1, 0.15) is 0 Å². The molecule has 0 saturated carbocycles. The number of hydrogen-bond acceptors (Lipinski definition) is 5. The molecular formula is C21H27ClN4O3S. The number of ether oxygens (including phenoxy) is 1. The van der Waals surface area contributed by atoms with E-state index < -0.39 is 6.09 Å². The number of fused-ring (bicyclic) bond motifs is 2. The molecule has 0 aromatic heterocycles. The summed E-state index contributed by atoms with van der Waals surface area (Å²) in [7, 11) is 4.02. The van der Waals surface area contributed by atoms with Gasteiger partial charge in [0.15, 0.2) is 0 Å². The van der Waals surface area contributed by atoms with Crippen LogP contribution in [0, 0.1) is 0 Å². The largest absolute Gasteiger partial charge is 0.450 e. The molecule has 0 saturated heterocycles. The Bertz CT molecular complexity index is 894. The number of anilines is 3. The second-order valence-corrected chi connectivity index (χ2v) is 7.91. The lowest BCUT2D eigenvalue weighted by Gasteiger charge is -2.31. The molecule has 7 nitrogen and oxygen atoms in total. The molecule has 1 heterocycles. The SMILES string of the molecule is CCOC(=O)Nc1ccc2c(c1)N(C(=O)NCCCN(C)C)c1ccccc1S2.Cl. The fraction of sp³-hybridized carbons (Fsp3) is 0.333. The molecule has 2 N–H and O–H groups in total. The van der Waals surface area contributed by atoms with Crippen LogP contribution in [0.25, 0.3) is 0 Å². The average Bonchev–Trinajstić information content (AvgIpc) is 2.69. The summed E-state index contributed by atoms with van der Waals surface area (Å²) in [6.45, 7) is 3.53. The van der Waals surface area contributed by atoms with Crippen molar-refractivity contribution in [1.29, 1.82) is 0 Å². The van der Waals surface area contributed by atoms with E-state index >= 15 is 0 Å². The molecule has 0 atom stereocenters. The van der Waals surface area contributed by atoms with Gasteiger partial charge < -0.3 is 15.0 Å². The molecule has 0 spiro atoms. The normalized spacial score (nSPS) is 11.8. The third-order valence-electron chi connectivity index (χ3n) is 4.31. The summed E-state index contributed by atoms with van der Waals surface area (Å²) in [4.78, 5) is 30.6. The number of halogens is 1. The molecule has 0 radical (unpaired) electrons. The van der Waals surface area contributed by atoms with Crippen LogP contribution in [-0.4, -0.2) is 50.8 Å². The Labute approximate surface area is 187 Å². The fourth-order valence-electron chi connectivity index (χ4n) is 3.01.